The quantitative estimate of drug-likeness (QED) is 0.655. The van der Waals surface area contributed by atoms with E-state index in [2.05, 4.69) is 34.3 Å². The molecule has 8 heteroatoms. The van der Waals surface area contributed by atoms with E-state index in [1.165, 1.54) is 32.3 Å². The number of aromatic nitrogens is 3. The van der Waals surface area contributed by atoms with Crippen molar-refractivity contribution in [3.63, 3.8) is 0 Å². The molecule has 0 aliphatic heterocycles. The van der Waals surface area contributed by atoms with E-state index in [-0.39, 0.29) is 4.90 Å². The number of thiazole rings is 1. The van der Waals surface area contributed by atoms with E-state index in [9.17, 15) is 8.42 Å². The van der Waals surface area contributed by atoms with Gasteiger partial charge in [0.15, 0.2) is 5.13 Å². The second-order valence-electron chi connectivity index (χ2n) is 6.72. The van der Waals surface area contributed by atoms with Crippen molar-refractivity contribution in [3.05, 3.63) is 58.9 Å². The molecular formula is C19H22N4O2S2. The third-order valence-corrected chi connectivity index (χ3v) is 8.07. The Bertz CT molecular complexity index is 1040. The molecule has 142 valence electrons. The molecule has 1 atom stereocenters. The molecular weight excluding hydrogens is 380 g/mol. The molecule has 1 unspecified atom stereocenters. The molecule has 0 saturated heterocycles. The lowest BCUT2D eigenvalue weighted by atomic mass is 9.85. The highest BCUT2D eigenvalue weighted by Gasteiger charge is 2.29. The Kier molecular flexibility index (Phi) is 4.77. The third kappa shape index (κ3) is 3.39. The van der Waals surface area contributed by atoms with Crippen LogP contribution in [0.15, 0.2) is 47.6 Å². The number of anilines is 1. The molecule has 0 bridgehead atoms. The zero-order chi connectivity index (χ0) is 19.0. The summed E-state index contributed by atoms with van der Waals surface area (Å²) in [4.78, 5) is 6.02. The first kappa shape index (κ1) is 18.2. The summed E-state index contributed by atoms with van der Waals surface area (Å²) in [6.45, 7) is 2.55. The first-order valence-electron chi connectivity index (χ1n) is 9.04. The molecule has 2 aromatic heterocycles. The van der Waals surface area contributed by atoms with Crippen molar-refractivity contribution in [2.24, 2.45) is 0 Å². The summed E-state index contributed by atoms with van der Waals surface area (Å²) in [5.41, 5.74) is 2.37. The van der Waals surface area contributed by atoms with Gasteiger partial charge in [-0.1, -0.05) is 30.3 Å². The summed E-state index contributed by atoms with van der Waals surface area (Å²) in [6, 6.07) is 10.5. The molecule has 4 rings (SSSR count). The second-order valence-corrected chi connectivity index (χ2v) is 9.75. The van der Waals surface area contributed by atoms with Crippen LogP contribution in [0.5, 0.6) is 0 Å². The molecule has 6 nitrogen and oxygen atoms in total. The van der Waals surface area contributed by atoms with Gasteiger partial charge in [-0.05, 0) is 37.7 Å². The lowest BCUT2D eigenvalue weighted by Gasteiger charge is -2.21. The van der Waals surface area contributed by atoms with Gasteiger partial charge in [0.25, 0.3) is 10.0 Å². The Morgan fingerprint density at radius 3 is 2.78 bits per heavy atom. The minimum Gasteiger partial charge on any atom is -0.272 e. The van der Waals surface area contributed by atoms with Crippen molar-refractivity contribution >= 4 is 26.5 Å². The van der Waals surface area contributed by atoms with Crippen molar-refractivity contribution in [2.75, 3.05) is 11.4 Å². The zero-order valence-corrected chi connectivity index (χ0v) is 17.0. The highest BCUT2D eigenvalue weighted by molar-refractivity contribution is 7.93. The monoisotopic (exact) mass is 402 g/mol. The van der Waals surface area contributed by atoms with Crippen LogP contribution in [0.4, 0.5) is 5.13 Å². The largest absolute Gasteiger partial charge is 0.272 e. The fourth-order valence-electron chi connectivity index (χ4n) is 3.42. The van der Waals surface area contributed by atoms with Gasteiger partial charge in [-0.2, -0.15) is 5.10 Å². The fourth-order valence-corrected chi connectivity index (χ4v) is 5.88. The van der Waals surface area contributed by atoms with Gasteiger partial charge in [-0.25, -0.2) is 17.7 Å². The highest BCUT2D eigenvalue weighted by Crippen LogP contribution is 2.38. The van der Waals surface area contributed by atoms with E-state index < -0.39 is 10.0 Å². The Morgan fingerprint density at radius 2 is 2.07 bits per heavy atom. The van der Waals surface area contributed by atoms with Crippen molar-refractivity contribution in [2.45, 2.75) is 43.5 Å². The maximum absolute atomic E-state index is 12.9. The summed E-state index contributed by atoms with van der Waals surface area (Å²) < 4.78 is 28.7. The van der Waals surface area contributed by atoms with E-state index in [0.29, 0.717) is 17.6 Å². The smallest absolute Gasteiger partial charge is 0.268 e. The van der Waals surface area contributed by atoms with Crippen LogP contribution < -0.4 is 4.31 Å². The Balaban J connectivity index is 1.59. The SMILES string of the molecule is CCn1cc(S(=O)(=O)N(C)c2nc3c(s2)CC(c2ccccc2)CC3)cn1. The Hall–Kier alpha value is -2.19. The van der Waals surface area contributed by atoms with E-state index in [4.69, 9.17) is 0 Å². The molecule has 0 fully saturated rings. The van der Waals surface area contributed by atoms with Gasteiger partial charge < -0.3 is 0 Å². The lowest BCUT2D eigenvalue weighted by molar-refractivity contribution is 0.584. The molecule has 1 aliphatic carbocycles. The van der Waals surface area contributed by atoms with Crippen molar-refractivity contribution in [1.82, 2.24) is 14.8 Å². The van der Waals surface area contributed by atoms with Gasteiger partial charge in [0, 0.05) is 24.7 Å². The maximum Gasteiger partial charge on any atom is 0.268 e. The number of benzene rings is 1. The predicted octanol–water partition coefficient (Wildman–Crippen LogP) is 3.46. The number of nitrogens with zero attached hydrogens (tertiary/aromatic N) is 4. The zero-order valence-electron chi connectivity index (χ0n) is 15.4. The Labute approximate surface area is 163 Å². The number of hydrogen-bond donors (Lipinski definition) is 0. The minimum absolute atomic E-state index is 0.196. The fraction of sp³-hybridized carbons (Fsp3) is 0.368. The minimum atomic E-state index is -3.65. The number of hydrogen-bond acceptors (Lipinski definition) is 5. The number of aryl methyl sites for hydroxylation is 2. The highest BCUT2D eigenvalue weighted by atomic mass is 32.2. The van der Waals surface area contributed by atoms with Crippen LogP contribution in [0, 0.1) is 0 Å². The van der Waals surface area contributed by atoms with E-state index >= 15 is 0 Å². The van der Waals surface area contributed by atoms with Crippen LogP contribution in [0.3, 0.4) is 0 Å². The topological polar surface area (TPSA) is 68.1 Å². The van der Waals surface area contributed by atoms with Crippen LogP contribution in [0.2, 0.25) is 0 Å². The van der Waals surface area contributed by atoms with Gasteiger partial charge in [-0.3, -0.25) is 4.68 Å². The van der Waals surface area contributed by atoms with Crippen LogP contribution in [-0.2, 0) is 29.4 Å². The second kappa shape index (κ2) is 7.09. The molecule has 1 aliphatic rings. The molecule has 0 saturated carbocycles. The molecule has 0 amide bonds. The van der Waals surface area contributed by atoms with E-state index in [1.807, 2.05) is 13.0 Å². The van der Waals surface area contributed by atoms with Crippen molar-refractivity contribution < 1.29 is 8.42 Å². The van der Waals surface area contributed by atoms with Gasteiger partial charge in [0.05, 0.1) is 11.9 Å². The summed E-state index contributed by atoms with van der Waals surface area (Å²) in [5, 5.41) is 4.61. The van der Waals surface area contributed by atoms with E-state index in [0.717, 1.165) is 25.0 Å². The van der Waals surface area contributed by atoms with Gasteiger partial charge >= 0.3 is 0 Å². The van der Waals surface area contributed by atoms with Crippen LogP contribution in [0.1, 0.15) is 35.4 Å². The normalized spacial score (nSPS) is 16.9. The summed E-state index contributed by atoms with van der Waals surface area (Å²) in [7, 11) is -2.08. The average Bonchev–Trinajstić information content (AvgIpc) is 3.34. The molecule has 1 aromatic carbocycles. The van der Waals surface area contributed by atoms with Gasteiger partial charge in [0.1, 0.15) is 4.90 Å². The maximum atomic E-state index is 12.9. The Morgan fingerprint density at radius 1 is 1.30 bits per heavy atom. The summed E-state index contributed by atoms with van der Waals surface area (Å²) in [6.07, 6.45) is 5.80. The first-order valence-corrected chi connectivity index (χ1v) is 11.3. The number of sulfonamides is 1. The summed E-state index contributed by atoms with van der Waals surface area (Å²) >= 11 is 1.48. The van der Waals surface area contributed by atoms with Crippen molar-refractivity contribution in [3.8, 4) is 0 Å². The third-order valence-electron chi connectivity index (χ3n) is 5.06. The molecule has 27 heavy (non-hydrogen) atoms. The van der Waals surface area contributed by atoms with Gasteiger partial charge in [-0.15, -0.1) is 11.3 Å². The van der Waals surface area contributed by atoms with Crippen LogP contribution in [0.25, 0.3) is 0 Å². The number of fused-ring (bicyclic) bond motifs is 1. The van der Waals surface area contributed by atoms with Gasteiger partial charge in [0.2, 0.25) is 0 Å². The molecule has 2 heterocycles. The molecule has 0 radical (unpaired) electrons. The van der Waals surface area contributed by atoms with Crippen LogP contribution in [-0.4, -0.2) is 30.2 Å². The standard InChI is InChI=1S/C19H22N4O2S2/c1-3-23-13-16(12-20-23)27(24,25)22(2)19-21-17-10-9-15(11-18(17)26-19)14-7-5-4-6-8-14/h4-8,12-13,15H,3,9-11H2,1-2H3. The van der Waals surface area contributed by atoms with E-state index in [1.54, 1.807) is 17.9 Å². The average molecular weight is 403 g/mol. The summed E-state index contributed by atoms with van der Waals surface area (Å²) in [5.74, 6) is 0.469. The van der Waals surface area contributed by atoms with Crippen LogP contribution >= 0.6 is 11.3 Å². The molecule has 0 N–H and O–H groups in total. The molecule has 0 spiro atoms. The number of rotatable bonds is 5. The molecule has 3 aromatic rings. The lowest BCUT2D eigenvalue weighted by Crippen LogP contribution is -2.26. The first-order chi connectivity index (χ1) is 13.0. The van der Waals surface area contributed by atoms with Crippen molar-refractivity contribution in [1.29, 1.82) is 0 Å². The predicted molar refractivity (Wildman–Crippen MR) is 107 cm³/mol.